The third-order valence-electron chi connectivity index (χ3n) is 5.62. The SMILES string of the molecule is CCCCCC1CCC(C2(F)C=C(F)C(F)=CC2CC)CC1. The zero-order chi connectivity index (χ0) is 16.2. The van der Waals surface area contributed by atoms with Crippen LogP contribution in [0.15, 0.2) is 23.8 Å². The van der Waals surface area contributed by atoms with Gasteiger partial charge >= 0.3 is 0 Å². The molecule has 2 aliphatic carbocycles. The molecule has 0 radical (unpaired) electrons. The molecule has 0 aromatic rings. The first-order valence-electron chi connectivity index (χ1n) is 8.96. The third kappa shape index (κ3) is 3.78. The van der Waals surface area contributed by atoms with Crippen molar-refractivity contribution in [2.75, 3.05) is 0 Å². The molecule has 0 heterocycles. The Kier molecular flexibility index (Phi) is 6.17. The normalized spacial score (nSPS) is 36.0. The van der Waals surface area contributed by atoms with Crippen LogP contribution in [-0.4, -0.2) is 5.67 Å². The molecule has 2 aliphatic rings. The van der Waals surface area contributed by atoms with Crippen LogP contribution in [0.4, 0.5) is 13.2 Å². The van der Waals surface area contributed by atoms with Gasteiger partial charge in [-0.05, 0) is 43.3 Å². The summed E-state index contributed by atoms with van der Waals surface area (Å²) in [6, 6.07) is 0. The Balaban J connectivity index is 1.97. The Morgan fingerprint density at radius 2 is 1.73 bits per heavy atom. The van der Waals surface area contributed by atoms with E-state index in [-0.39, 0.29) is 5.92 Å². The van der Waals surface area contributed by atoms with Gasteiger partial charge in [-0.25, -0.2) is 13.2 Å². The Morgan fingerprint density at radius 3 is 2.32 bits per heavy atom. The van der Waals surface area contributed by atoms with E-state index in [2.05, 4.69) is 6.92 Å². The van der Waals surface area contributed by atoms with E-state index in [0.29, 0.717) is 12.3 Å². The van der Waals surface area contributed by atoms with Gasteiger partial charge in [-0.3, -0.25) is 0 Å². The van der Waals surface area contributed by atoms with Gasteiger partial charge in [0.05, 0.1) is 0 Å². The molecule has 1 fully saturated rings. The molecule has 0 spiro atoms. The van der Waals surface area contributed by atoms with Crippen molar-refractivity contribution < 1.29 is 13.2 Å². The Morgan fingerprint density at radius 1 is 1.05 bits per heavy atom. The number of allylic oxidation sites excluding steroid dienone is 4. The molecule has 0 nitrogen and oxygen atoms in total. The van der Waals surface area contributed by atoms with E-state index in [9.17, 15) is 8.78 Å². The molecule has 0 saturated heterocycles. The van der Waals surface area contributed by atoms with E-state index < -0.39 is 23.2 Å². The van der Waals surface area contributed by atoms with Crippen molar-refractivity contribution in [2.45, 2.75) is 77.3 Å². The van der Waals surface area contributed by atoms with Gasteiger partial charge in [0.25, 0.3) is 0 Å². The zero-order valence-electron chi connectivity index (χ0n) is 13.9. The number of rotatable bonds is 6. The molecule has 0 aromatic heterocycles. The van der Waals surface area contributed by atoms with Gasteiger partial charge in [0.2, 0.25) is 0 Å². The number of hydrogen-bond acceptors (Lipinski definition) is 0. The predicted molar refractivity (Wildman–Crippen MR) is 85.6 cm³/mol. The summed E-state index contributed by atoms with van der Waals surface area (Å²) >= 11 is 0. The van der Waals surface area contributed by atoms with Crippen LogP contribution in [0.1, 0.15) is 71.6 Å². The summed E-state index contributed by atoms with van der Waals surface area (Å²) in [6.45, 7) is 4.04. The highest BCUT2D eigenvalue weighted by Gasteiger charge is 2.46. The van der Waals surface area contributed by atoms with Crippen molar-refractivity contribution in [3.63, 3.8) is 0 Å². The number of unbranched alkanes of at least 4 members (excludes halogenated alkanes) is 2. The average Bonchev–Trinajstić information content (AvgIpc) is 2.52. The fraction of sp³-hybridized carbons (Fsp3) is 0.789. The maximum Gasteiger partial charge on any atom is 0.157 e. The second kappa shape index (κ2) is 7.70. The van der Waals surface area contributed by atoms with Crippen LogP contribution in [0.5, 0.6) is 0 Å². The first-order valence-corrected chi connectivity index (χ1v) is 8.96. The maximum atomic E-state index is 15.5. The highest BCUT2D eigenvalue weighted by molar-refractivity contribution is 5.32. The van der Waals surface area contributed by atoms with Crippen LogP contribution in [0.2, 0.25) is 0 Å². The fourth-order valence-corrected chi connectivity index (χ4v) is 4.18. The molecular formula is C19H29F3. The molecular weight excluding hydrogens is 285 g/mol. The Hall–Kier alpha value is -0.730. The van der Waals surface area contributed by atoms with Crippen LogP contribution < -0.4 is 0 Å². The molecule has 2 rings (SSSR count). The molecule has 2 atom stereocenters. The lowest BCUT2D eigenvalue weighted by atomic mass is 9.67. The van der Waals surface area contributed by atoms with Crippen LogP contribution in [0.3, 0.4) is 0 Å². The largest absolute Gasteiger partial charge is 0.238 e. The first kappa shape index (κ1) is 17.6. The van der Waals surface area contributed by atoms with Crippen molar-refractivity contribution in [3.8, 4) is 0 Å². The van der Waals surface area contributed by atoms with E-state index in [1.165, 1.54) is 25.7 Å². The molecule has 0 amide bonds. The van der Waals surface area contributed by atoms with Gasteiger partial charge in [-0.1, -0.05) is 52.4 Å². The van der Waals surface area contributed by atoms with Gasteiger partial charge in [0.15, 0.2) is 11.7 Å². The monoisotopic (exact) mass is 314 g/mol. The van der Waals surface area contributed by atoms with E-state index in [0.717, 1.165) is 37.8 Å². The molecule has 2 unspecified atom stereocenters. The summed E-state index contributed by atoms with van der Waals surface area (Å²) in [5, 5.41) is 0. The van der Waals surface area contributed by atoms with Crippen LogP contribution in [0, 0.1) is 17.8 Å². The van der Waals surface area contributed by atoms with Gasteiger partial charge in [-0.2, -0.15) is 0 Å². The summed E-state index contributed by atoms with van der Waals surface area (Å²) in [5.74, 6) is -1.93. The lowest BCUT2D eigenvalue weighted by molar-refractivity contribution is 0.0435. The molecule has 22 heavy (non-hydrogen) atoms. The van der Waals surface area contributed by atoms with E-state index in [4.69, 9.17) is 0 Å². The minimum absolute atomic E-state index is 0.171. The van der Waals surface area contributed by atoms with Crippen molar-refractivity contribution in [1.82, 2.24) is 0 Å². The summed E-state index contributed by atoms with van der Waals surface area (Å²) < 4.78 is 42.5. The zero-order valence-corrected chi connectivity index (χ0v) is 13.9. The molecule has 1 saturated carbocycles. The number of halogens is 3. The Bertz CT molecular complexity index is 418. The summed E-state index contributed by atoms with van der Waals surface area (Å²) in [7, 11) is 0. The van der Waals surface area contributed by atoms with Crippen molar-refractivity contribution in [3.05, 3.63) is 23.8 Å². The average molecular weight is 314 g/mol. The minimum atomic E-state index is -1.71. The van der Waals surface area contributed by atoms with Crippen molar-refractivity contribution in [2.24, 2.45) is 17.8 Å². The molecule has 0 bridgehead atoms. The van der Waals surface area contributed by atoms with Crippen LogP contribution >= 0.6 is 0 Å². The highest BCUT2D eigenvalue weighted by Crippen LogP contribution is 2.48. The lowest BCUT2D eigenvalue weighted by Crippen LogP contribution is -2.42. The topological polar surface area (TPSA) is 0 Å². The van der Waals surface area contributed by atoms with E-state index in [1.54, 1.807) is 0 Å². The predicted octanol–water partition coefficient (Wildman–Crippen LogP) is 6.83. The third-order valence-corrected chi connectivity index (χ3v) is 5.62. The van der Waals surface area contributed by atoms with E-state index >= 15 is 4.39 Å². The van der Waals surface area contributed by atoms with Crippen LogP contribution in [0.25, 0.3) is 0 Å². The van der Waals surface area contributed by atoms with Crippen molar-refractivity contribution >= 4 is 0 Å². The number of hydrogen-bond donors (Lipinski definition) is 0. The van der Waals surface area contributed by atoms with Crippen LogP contribution in [-0.2, 0) is 0 Å². The van der Waals surface area contributed by atoms with Gasteiger partial charge in [0.1, 0.15) is 5.67 Å². The van der Waals surface area contributed by atoms with E-state index in [1.807, 2.05) is 6.92 Å². The standard InChI is InChI=1S/C19H29F3/c1-3-5-6-7-14-8-10-16(11-9-14)19(22)13-18(21)17(20)12-15(19)4-2/h12-16H,3-11H2,1-2H3. The molecule has 0 aromatic carbocycles. The van der Waals surface area contributed by atoms with Gasteiger partial charge < -0.3 is 0 Å². The molecule has 3 heteroatoms. The minimum Gasteiger partial charge on any atom is -0.238 e. The molecule has 0 aliphatic heterocycles. The quantitative estimate of drug-likeness (QED) is 0.471. The summed E-state index contributed by atoms with van der Waals surface area (Å²) in [5.41, 5.74) is -1.71. The fourth-order valence-electron chi connectivity index (χ4n) is 4.18. The number of alkyl halides is 1. The first-order chi connectivity index (χ1) is 10.5. The second-order valence-electron chi connectivity index (χ2n) is 7.06. The summed E-state index contributed by atoms with van der Waals surface area (Å²) in [4.78, 5) is 0. The summed E-state index contributed by atoms with van der Waals surface area (Å²) in [6.07, 6.45) is 11.2. The molecule has 126 valence electrons. The maximum absolute atomic E-state index is 15.5. The lowest BCUT2D eigenvalue weighted by Gasteiger charge is -2.41. The second-order valence-corrected chi connectivity index (χ2v) is 7.06. The smallest absolute Gasteiger partial charge is 0.157 e. The Labute approximate surface area is 132 Å². The highest BCUT2D eigenvalue weighted by atomic mass is 19.2. The molecule has 0 N–H and O–H groups in total. The van der Waals surface area contributed by atoms with Gasteiger partial charge in [0, 0.05) is 5.92 Å². The van der Waals surface area contributed by atoms with Gasteiger partial charge in [-0.15, -0.1) is 0 Å². The van der Waals surface area contributed by atoms with Crippen molar-refractivity contribution in [1.29, 1.82) is 0 Å².